The third-order valence-corrected chi connectivity index (χ3v) is 6.33. The number of thiazole rings is 1. The topological polar surface area (TPSA) is 120 Å². The molecule has 2 aromatic rings. The van der Waals surface area contributed by atoms with E-state index in [1.54, 1.807) is 23.0 Å². The molecule has 1 aromatic heterocycles. The lowest BCUT2D eigenvalue weighted by atomic mass is 9.85. The van der Waals surface area contributed by atoms with Gasteiger partial charge in [-0.25, -0.2) is 14.6 Å². The number of ether oxygens (including phenoxy) is 1. The molecule has 9 nitrogen and oxygen atoms in total. The molecule has 0 radical (unpaired) electrons. The average Bonchev–Trinajstić information content (AvgIpc) is 3.24. The average molecular weight is 462 g/mol. The van der Waals surface area contributed by atoms with Crippen LogP contribution in [0.25, 0.3) is 0 Å². The highest BCUT2D eigenvalue weighted by Gasteiger charge is 2.52. The maximum absolute atomic E-state index is 13.6. The van der Waals surface area contributed by atoms with E-state index in [1.807, 2.05) is 26.8 Å². The summed E-state index contributed by atoms with van der Waals surface area (Å²) in [6, 6.07) is 5.08. The van der Waals surface area contributed by atoms with Crippen molar-refractivity contribution >= 4 is 29.3 Å². The number of methoxy groups -OCH3 is 1. The molecule has 0 aliphatic carbocycles. The van der Waals surface area contributed by atoms with E-state index in [-0.39, 0.29) is 37.0 Å². The van der Waals surface area contributed by atoms with Crippen molar-refractivity contribution in [1.29, 1.82) is 0 Å². The van der Waals surface area contributed by atoms with Gasteiger partial charge < -0.3 is 24.7 Å². The van der Waals surface area contributed by atoms with Gasteiger partial charge in [0.1, 0.15) is 5.75 Å². The van der Waals surface area contributed by atoms with Crippen molar-refractivity contribution in [3.05, 3.63) is 45.9 Å². The summed E-state index contributed by atoms with van der Waals surface area (Å²) >= 11 is 1.31. The predicted molar refractivity (Wildman–Crippen MR) is 119 cm³/mol. The summed E-state index contributed by atoms with van der Waals surface area (Å²) < 4.78 is 5.50. The van der Waals surface area contributed by atoms with Gasteiger partial charge in [0.15, 0.2) is 5.54 Å². The smallest absolute Gasteiger partial charge is 0.407 e. The molecule has 1 aliphatic heterocycles. The Bertz CT molecular complexity index is 1020. The molecule has 0 saturated carbocycles. The van der Waals surface area contributed by atoms with E-state index in [9.17, 15) is 24.6 Å². The predicted octanol–water partition coefficient (Wildman–Crippen LogP) is 2.95. The van der Waals surface area contributed by atoms with Crippen molar-refractivity contribution in [2.45, 2.75) is 38.1 Å². The largest absolute Gasteiger partial charge is 0.496 e. The van der Waals surface area contributed by atoms with Crippen LogP contribution in [-0.2, 0) is 16.6 Å². The highest BCUT2D eigenvalue weighted by Crippen LogP contribution is 2.34. The number of carboxylic acids is 1. The van der Waals surface area contributed by atoms with Crippen LogP contribution >= 0.6 is 11.3 Å². The standard InChI is InChI=1S/C22H27N3O6S/c1-21(2,3)16-6-5-14(9-17(16)31-4)18(26)25-8-7-24(20(29)30)12-22(25,19(27)28)10-15-11-32-13-23-15/h5-6,9,11,13H,7-8,10,12H2,1-4H3,(H,27,28)(H,29,30). The number of amides is 2. The summed E-state index contributed by atoms with van der Waals surface area (Å²) in [6.07, 6.45) is -1.32. The third-order valence-electron chi connectivity index (χ3n) is 5.69. The van der Waals surface area contributed by atoms with E-state index in [0.717, 1.165) is 10.5 Å². The molecular formula is C22H27N3O6S. The fourth-order valence-corrected chi connectivity index (χ4v) is 4.57. The van der Waals surface area contributed by atoms with Crippen molar-refractivity contribution in [1.82, 2.24) is 14.8 Å². The van der Waals surface area contributed by atoms with Gasteiger partial charge in [-0.05, 0) is 23.1 Å². The van der Waals surface area contributed by atoms with Gasteiger partial charge in [-0.2, -0.15) is 0 Å². The first-order valence-electron chi connectivity index (χ1n) is 10.1. The van der Waals surface area contributed by atoms with Crippen LogP contribution in [0.15, 0.2) is 29.1 Å². The molecular weight excluding hydrogens is 434 g/mol. The summed E-state index contributed by atoms with van der Waals surface area (Å²) in [5.74, 6) is -1.23. The molecule has 1 aromatic carbocycles. The van der Waals surface area contributed by atoms with Crippen LogP contribution in [0, 0.1) is 0 Å². The Morgan fingerprint density at radius 3 is 2.47 bits per heavy atom. The summed E-state index contributed by atoms with van der Waals surface area (Å²) in [5, 5.41) is 21.4. The van der Waals surface area contributed by atoms with Gasteiger partial charge in [0, 0.05) is 30.5 Å². The molecule has 3 rings (SSSR count). The first-order chi connectivity index (χ1) is 15.0. The van der Waals surface area contributed by atoms with Gasteiger partial charge in [-0.15, -0.1) is 11.3 Å². The lowest BCUT2D eigenvalue weighted by molar-refractivity contribution is -0.153. The fourth-order valence-electron chi connectivity index (χ4n) is 4.01. The normalized spacial score (nSPS) is 19.0. The van der Waals surface area contributed by atoms with Crippen LogP contribution in [-0.4, -0.2) is 75.2 Å². The van der Waals surface area contributed by atoms with Crippen LogP contribution in [0.4, 0.5) is 4.79 Å². The summed E-state index contributed by atoms with van der Waals surface area (Å²) in [7, 11) is 1.52. The van der Waals surface area contributed by atoms with Crippen molar-refractivity contribution < 1.29 is 29.3 Å². The number of hydrogen-bond acceptors (Lipinski definition) is 6. The number of piperazine rings is 1. The van der Waals surface area contributed by atoms with E-state index in [4.69, 9.17) is 4.74 Å². The second kappa shape index (κ2) is 8.78. The minimum atomic E-state index is -1.78. The molecule has 32 heavy (non-hydrogen) atoms. The Labute approximate surface area is 190 Å². The number of nitrogens with zero attached hydrogens (tertiary/aromatic N) is 3. The van der Waals surface area contributed by atoms with E-state index in [0.29, 0.717) is 11.4 Å². The molecule has 1 fully saturated rings. The van der Waals surface area contributed by atoms with Gasteiger partial charge >= 0.3 is 12.1 Å². The molecule has 1 aliphatic rings. The number of carbonyl (C=O) groups is 3. The van der Waals surface area contributed by atoms with Crippen molar-refractivity contribution in [3.63, 3.8) is 0 Å². The van der Waals surface area contributed by atoms with Gasteiger partial charge in [0.2, 0.25) is 0 Å². The molecule has 2 N–H and O–H groups in total. The van der Waals surface area contributed by atoms with Crippen LogP contribution in [0.2, 0.25) is 0 Å². The molecule has 172 valence electrons. The zero-order valence-electron chi connectivity index (χ0n) is 18.5. The third kappa shape index (κ3) is 4.40. The number of hydrogen-bond donors (Lipinski definition) is 2. The van der Waals surface area contributed by atoms with Crippen LogP contribution in [0.3, 0.4) is 0 Å². The van der Waals surface area contributed by atoms with Crippen LogP contribution < -0.4 is 4.74 Å². The number of aliphatic carboxylic acids is 1. The summed E-state index contributed by atoms with van der Waals surface area (Å²) in [6.45, 7) is 5.70. The molecule has 0 spiro atoms. The Balaban J connectivity index is 2.05. The number of benzene rings is 1. The number of carbonyl (C=O) groups excluding carboxylic acids is 1. The first kappa shape index (κ1) is 23.5. The van der Waals surface area contributed by atoms with E-state index in [2.05, 4.69) is 4.98 Å². The fraction of sp³-hybridized carbons (Fsp3) is 0.455. The Morgan fingerprint density at radius 1 is 1.22 bits per heavy atom. The van der Waals surface area contributed by atoms with Gasteiger partial charge in [0.25, 0.3) is 5.91 Å². The van der Waals surface area contributed by atoms with Gasteiger partial charge in [-0.3, -0.25) is 4.79 Å². The summed E-state index contributed by atoms with van der Waals surface area (Å²) in [4.78, 5) is 44.2. The minimum Gasteiger partial charge on any atom is -0.496 e. The van der Waals surface area contributed by atoms with Crippen molar-refractivity contribution in [3.8, 4) is 5.75 Å². The number of aromatic nitrogens is 1. The SMILES string of the molecule is COc1cc(C(=O)N2CCN(C(=O)O)CC2(Cc2cscn2)C(=O)O)ccc1C(C)(C)C. The van der Waals surface area contributed by atoms with Crippen LogP contribution in [0.1, 0.15) is 42.4 Å². The van der Waals surface area contributed by atoms with Crippen molar-refractivity contribution in [2.24, 2.45) is 0 Å². The molecule has 10 heteroatoms. The second-order valence-electron chi connectivity index (χ2n) is 8.82. The first-order valence-corrected chi connectivity index (χ1v) is 11.0. The lowest BCUT2D eigenvalue weighted by Gasteiger charge is -2.47. The van der Waals surface area contributed by atoms with Gasteiger partial charge in [0.05, 0.1) is 24.9 Å². The number of carboxylic acid groups (broad SMARTS) is 2. The maximum Gasteiger partial charge on any atom is 0.407 e. The zero-order valence-corrected chi connectivity index (χ0v) is 19.3. The molecule has 1 saturated heterocycles. The minimum absolute atomic E-state index is 0.0182. The van der Waals surface area contributed by atoms with E-state index >= 15 is 0 Å². The van der Waals surface area contributed by atoms with Crippen molar-refractivity contribution in [2.75, 3.05) is 26.7 Å². The maximum atomic E-state index is 13.6. The second-order valence-corrected chi connectivity index (χ2v) is 9.54. The van der Waals surface area contributed by atoms with E-state index in [1.165, 1.54) is 23.3 Å². The molecule has 0 bridgehead atoms. The highest BCUT2D eigenvalue weighted by molar-refractivity contribution is 7.07. The Hall–Kier alpha value is -3.14. The van der Waals surface area contributed by atoms with Gasteiger partial charge in [-0.1, -0.05) is 26.8 Å². The number of rotatable bonds is 5. The lowest BCUT2D eigenvalue weighted by Crippen LogP contribution is -2.69. The monoisotopic (exact) mass is 461 g/mol. The zero-order chi connectivity index (χ0) is 23.7. The highest BCUT2D eigenvalue weighted by atomic mass is 32.1. The Morgan fingerprint density at radius 2 is 1.94 bits per heavy atom. The quantitative estimate of drug-likeness (QED) is 0.702. The molecule has 2 amide bonds. The summed E-state index contributed by atoms with van der Waals surface area (Å²) in [5.41, 5.74) is 1.27. The van der Waals surface area contributed by atoms with E-state index < -0.39 is 23.5 Å². The Kier molecular flexibility index (Phi) is 6.45. The molecule has 1 atom stereocenters. The molecule has 2 heterocycles. The molecule has 1 unspecified atom stereocenters. The van der Waals surface area contributed by atoms with Crippen LogP contribution in [0.5, 0.6) is 5.75 Å².